The van der Waals surface area contributed by atoms with Crippen LogP contribution >= 0.6 is 31.3 Å². The fraction of sp³-hybridized carbons (Fsp3) is 0.632. The zero-order valence-electron chi connectivity index (χ0n) is 54.2. The third-order valence-corrected chi connectivity index (χ3v) is 16.8. The van der Waals surface area contributed by atoms with Gasteiger partial charge in [-0.25, -0.2) is 47.7 Å². The van der Waals surface area contributed by atoms with Crippen LogP contribution in [0.15, 0.2) is 25.3 Å². The van der Waals surface area contributed by atoms with Gasteiger partial charge in [0.2, 0.25) is 0 Å². The molecule has 8 heterocycles. The van der Waals surface area contributed by atoms with Gasteiger partial charge in [0.15, 0.2) is 60.2 Å². The number of nitrogens with two attached hydrogens (primary N) is 2. The summed E-state index contributed by atoms with van der Waals surface area (Å²) in [4.78, 5) is 114. The first-order chi connectivity index (χ1) is 43.2. The number of esters is 2. The Morgan fingerprint density at radius 2 is 0.878 bits per heavy atom. The molecule has 0 aromatic carbocycles. The Labute approximate surface area is 602 Å². The van der Waals surface area contributed by atoms with Crippen LogP contribution in [-0.2, 0) is 92.6 Å². The number of rotatable bonds is 26. The van der Waals surface area contributed by atoms with Crippen molar-refractivity contribution in [3.63, 3.8) is 0 Å². The van der Waals surface area contributed by atoms with Gasteiger partial charge in [-0.3, -0.25) is 36.9 Å². The van der Waals surface area contributed by atoms with Crippen molar-refractivity contribution in [2.75, 3.05) is 37.9 Å². The third-order valence-electron chi connectivity index (χ3n) is 11.6. The molecule has 0 bridgehead atoms. The standard InChI is InChI=1S/2C19H27N5O17P2.4Na/c20-16-11-17(22-5-21-16)24(6-23-11)18-13(29)12(28)7(38-18)3-36-42(32,33)41-43(34,35)37-4-8-15(14(30)19(31)39-8)40-10(27)2-1-9(25)26;20-16-11-17(22-5-21-16)24(6-23-11)18-14(30)12(28)7(38-18)3-36-42(32,33)41-43(34,35)37-4-8-13(29)15(19(31)39-8)40-10(27)2-1-9(25)26;;;;/h2*5-8,12-15,18-19,28-31H,1-4H2,(H,25,26)(H,32,33)(H,34,35)(H2,20,21,22);;;;/q;;4*+1/p-4/t2*7-,8-,12-,13-,14-,15-,18-,19?;;;;/m11..../s1/i2*1D2,2D2;;;;. The molecule has 0 amide bonds. The molecule has 0 aliphatic carbocycles. The Hall–Kier alpha value is -1.38. The summed E-state index contributed by atoms with van der Waals surface area (Å²) in [6.07, 6.45) is -41.1. The summed E-state index contributed by atoms with van der Waals surface area (Å²) in [5.41, 5.74) is 11.9. The Morgan fingerprint density at radius 3 is 1.29 bits per heavy atom. The van der Waals surface area contributed by atoms with E-state index in [0.717, 1.165) is 25.3 Å². The second-order valence-electron chi connectivity index (χ2n) is 17.4. The molecule has 480 valence electrons. The van der Waals surface area contributed by atoms with Crippen LogP contribution in [0.3, 0.4) is 0 Å². The van der Waals surface area contributed by atoms with Crippen molar-refractivity contribution in [1.82, 2.24) is 39.0 Å². The predicted molar refractivity (Wildman–Crippen MR) is 254 cm³/mol. The molecule has 4 aromatic rings. The maximum Gasteiger partial charge on any atom is 1.00 e. The number of aromatic nitrogens is 8. The van der Waals surface area contributed by atoms with Gasteiger partial charge in [-0.05, 0) is 12.7 Å². The minimum atomic E-state index is -5.89. The number of carbonyl (C=O) groups is 4. The minimum absolute atomic E-state index is 0. The summed E-state index contributed by atoms with van der Waals surface area (Å²) in [5.74, 6) is -9.70. The number of phosphoric ester groups is 4. The monoisotopic (exact) mass is 1410 g/mol. The number of aliphatic hydroxyl groups excluding tert-OH is 8. The molecule has 90 heavy (non-hydrogen) atoms. The summed E-state index contributed by atoms with van der Waals surface area (Å²) in [5, 5.41) is 103. The van der Waals surface area contributed by atoms with Gasteiger partial charge in [0.25, 0.3) is 15.6 Å². The number of hydrogen-bond donors (Lipinski definition) is 12. The van der Waals surface area contributed by atoms with E-state index in [4.69, 9.17) is 41.4 Å². The number of carboxylic acids is 2. The summed E-state index contributed by atoms with van der Waals surface area (Å²) >= 11 is 0. The molecule has 52 heteroatoms. The number of carbonyl (C=O) groups excluding carboxylic acids is 4. The molecule has 4 aliphatic heterocycles. The van der Waals surface area contributed by atoms with E-state index in [9.17, 15) is 108 Å². The molecule has 20 atom stereocenters. The fourth-order valence-corrected chi connectivity index (χ4v) is 11.9. The van der Waals surface area contributed by atoms with E-state index >= 15 is 0 Å². The quantitative estimate of drug-likeness (QED) is 0.0158. The van der Waals surface area contributed by atoms with E-state index in [2.05, 4.69) is 66.1 Å². The molecule has 0 saturated carbocycles. The van der Waals surface area contributed by atoms with Crippen molar-refractivity contribution in [2.24, 2.45) is 0 Å². The molecule has 4 fully saturated rings. The second-order valence-corrected chi connectivity index (χ2v) is 23.4. The van der Waals surface area contributed by atoms with Crippen LogP contribution in [-0.4, -0.2) is 226 Å². The van der Waals surface area contributed by atoms with Gasteiger partial charge in [0.1, 0.15) is 84.7 Å². The Balaban J connectivity index is 0.000000490. The van der Waals surface area contributed by atoms with Gasteiger partial charge in [-0.2, -0.15) is 0 Å². The number of hydrogen-bond acceptors (Lipinski definition) is 40. The number of nitrogens with zero attached hydrogens (tertiary/aromatic N) is 8. The van der Waals surface area contributed by atoms with E-state index in [1.807, 2.05) is 0 Å². The summed E-state index contributed by atoms with van der Waals surface area (Å²) in [7, 11) is -22.9. The van der Waals surface area contributed by atoms with Gasteiger partial charge < -0.3 is 129 Å². The molecule has 4 aromatic heterocycles. The molecular formula is C38H50N10Na4O34P4. The van der Waals surface area contributed by atoms with Gasteiger partial charge in [0, 0.05) is 22.9 Å². The van der Waals surface area contributed by atoms with Crippen molar-refractivity contribution in [2.45, 2.75) is 124 Å². The number of aliphatic hydroxyl groups is 8. The van der Waals surface area contributed by atoms with Crippen LogP contribution < -0.4 is 150 Å². The zero-order valence-corrected chi connectivity index (χ0v) is 57.7. The topological polar surface area (TPSA) is 681 Å². The zero-order chi connectivity index (χ0) is 70.6. The molecule has 8 rings (SSSR count). The number of aliphatic carboxylic acids is 2. The predicted octanol–water partition coefficient (Wildman–Crippen LogP) is -21.7. The normalized spacial score (nSPS) is 32.5. The van der Waals surface area contributed by atoms with Crippen LogP contribution in [0.25, 0.3) is 22.3 Å². The Kier molecular flexibility index (Phi) is 27.4. The summed E-state index contributed by atoms with van der Waals surface area (Å²) < 4.78 is 165. The number of phosphoric acid groups is 4. The largest absolute Gasteiger partial charge is 1.00 e. The van der Waals surface area contributed by atoms with Crippen LogP contribution in [0.2, 0.25) is 0 Å². The van der Waals surface area contributed by atoms with E-state index in [0.29, 0.717) is 0 Å². The molecule has 0 spiro atoms. The maximum absolute atomic E-state index is 12.4. The number of ether oxygens (including phenoxy) is 6. The van der Waals surface area contributed by atoms with E-state index in [-0.39, 0.29) is 152 Å². The van der Waals surface area contributed by atoms with Crippen molar-refractivity contribution >= 4 is 89.1 Å². The molecule has 4 saturated heterocycles. The number of nitrogen functional groups attached to an aromatic ring is 2. The molecule has 0 radical (unpaired) electrons. The first-order valence-corrected chi connectivity index (χ1v) is 29.2. The fourth-order valence-electron chi connectivity index (χ4n) is 7.81. The summed E-state index contributed by atoms with van der Waals surface area (Å²) in [6, 6.07) is 0. The van der Waals surface area contributed by atoms with Crippen LogP contribution in [0.5, 0.6) is 0 Å². The van der Waals surface area contributed by atoms with Crippen molar-refractivity contribution in [3.05, 3.63) is 25.3 Å². The third kappa shape index (κ3) is 21.8. The van der Waals surface area contributed by atoms with E-state index in [1.165, 1.54) is 9.13 Å². The molecule has 44 nitrogen and oxygen atoms in total. The second kappa shape index (κ2) is 35.2. The number of imidazole rings is 2. The number of anilines is 2. The van der Waals surface area contributed by atoms with Gasteiger partial charge >= 0.3 is 146 Å². The Morgan fingerprint density at radius 1 is 0.511 bits per heavy atom. The number of carboxylic acid groups (broad SMARTS) is 2. The van der Waals surface area contributed by atoms with Crippen LogP contribution in [0, 0.1) is 0 Å². The average molecular weight is 1410 g/mol. The smallest absolute Gasteiger partial charge is 0.756 e. The summed E-state index contributed by atoms with van der Waals surface area (Å²) in [6.45, 7) is -4.71. The van der Waals surface area contributed by atoms with Crippen LogP contribution in [0.4, 0.5) is 11.6 Å². The Bertz CT molecular complexity index is 3690. The van der Waals surface area contributed by atoms with Crippen molar-refractivity contribution in [3.8, 4) is 0 Å². The van der Waals surface area contributed by atoms with Gasteiger partial charge in [-0.15, -0.1) is 0 Å². The number of fused-ring (bicyclic) bond motifs is 2. The van der Waals surface area contributed by atoms with Gasteiger partial charge in [0.05, 0.1) is 51.8 Å². The molecule has 4 aliphatic rings. The molecule has 6 unspecified atom stereocenters. The molecular weight excluding hydrogens is 1360 g/mol. The van der Waals surface area contributed by atoms with Gasteiger partial charge in [-0.1, -0.05) is 0 Å². The van der Waals surface area contributed by atoms with E-state index in [1.54, 1.807) is 0 Å². The SMILES string of the molecule is [2H]C([2H])(C(=O)[O-])C([2H])([2H])C(=O)O[C@@H]1[C@@H](COP(=O)([O-])OP(=O)(O)OC[C@H]2O[C@@H](n3cnc4c(N)ncnc43)[C@H](O)[C@@H]2O)OC(O)[C@@H]1O.[2H]C([2H])(C(=O)[O-])C([2H])([2H])C(=O)O[C@H]1C(O)O[C@H](COP(=O)([O-])OP(=O)(O)OC[C@H]2O[C@@H](n3cnc4c(N)ncnc43)[C@H](O)[C@@H]2O)[C@H]1O.[Na+].[Na+].[Na+].[Na+]. The first kappa shape index (κ1) is 70.0. The first-order valence-electron chi connectivity index (χ1n) is 27.2. The minimum Gasteiger partial charge on any atom is -0.756 e. The molecule has 14 N–H and O–H groups in total. The van der Waals surface area contributed by atoms with Crippen molar-refractivity contribution < 1.29 is 292 Å². The average Bonchev–Trinajstić information content (AvgIpc) is 1.46. The maximum atomic E-state index is 12.4. The van der Waals surface area contributed by atoms with E-state index < -0.39 is 205 Å². The van der Waals surface area contributed by atoms with Crippen molar-refractivity contribution in [1.29, 1.82) is 0 Å². The van der Waals surface area contributed by atoms with Crippen LogP contribution in [0.1, 0.15) is 48.9 Å².